The zero-order valence-corrected chi connectivity index (χ0v) is 13.3. The standard InChI is InChI=1S/C15H24N4O3/c1-3-8-18-11-16-13-12(18)14(21)19(15(22)17(13)2)9-6-4-5-7-10-20/h11,20H,3-10H2,1-2H3. The van der Waals surface area contributed by atoms with Crippen LogP contribution in [0.5, 0.6) is 0 Å². The summed E-state index contributed by atoms with van der Waals surface area (Å²) in [4.78, 5) is 29.2. The highest BCUT2D eigenvalue weighted by molar-refractivity contribution is 5.69. The van der Waals surface area contributed by atoms with Gasteiger partial charge in [0, 0.05) is 26.7 Å². The molecule has 7 nitrogen and oxygen atoms in total. The first-order valence-electron chi connectivity index (χ1n) is 7.87. The van der Waals surface area contributed by atoms with E-state index in [9.17, 15) is 9.59 Å². The first-order chi connectivity index (χ1) is 10.6. The Morgan fingerprint density at radius 2 is 1.86 bits per heavy atom. The van der Waals surface area contributed by atoms with Crippen molar-refractivity contribution < 1.29 is 5.11 Å². The van der Waals surface area contributed by atoms with Gasteiger partial charge < -0.3 is 9.67 Å². The van der Waals surface area contributed by atoms with Crippen LogP contribution in [-0.4, -0.2) is 30.4 Å². The lowest BCUT2D eigenvalue weighted by Crippen LogP contribution is -2.39. The Bertz CT molecular complexity index is 742. The van der Waals surface area contributed by atoms with Crippen molar-refractivity contribution in [1.29, 1.82) is 0 Å². The molecule has 2 rings (SSSR count). The van der Waals surface area contributed by atoms with Crippen LogP contribution < -0.4 is 11.2 Å². The van der Waals surface area contributed by atoms with Crippen LogP contribution in [0.1, 0.15) is 39.0 Å². The number of hydrogen-bond acceptors (Lipinski definition) is 4. The lowest BCUT2D eigenvalue weighted by Gasteiger charge is -2.09. The van der Waals surface area contributed by atoms with Crippen molar-refractivity contribution in [3.63, 3.8) is 0 Å². The number of imidazole rings is 1. The summed E-state index contributed by atoms with van der Waals surface area (Å²) in [7, 11) is 1.65. The van der Waals surface area contributed by atoms with Gasteiger partial charge in [-0.1, -0.05) is 19.8 Å². The third-order valence-electron chi connectivity index (χ3n) is 3.86. The molecule has 122 valence electrons. The van der Waals surface area contributed by atoms with E-state index in [0.717, 1.165) is 32.1 Å². The molecule has 0 aliphatic carbocycles. The highest BCUT2D eigenvalue weighted by atomic mass is 16.3. The van der Waals surface area contributed by atoms with Crippen LogP contribution in [0, 0.1) is 0 Å². The number of aliphatic hydroxyl groups excluding tert-OH is 1. The van der Waals surface area contributed by atoms with Crippen LogP contribution in [0.15, 0.2) is 15.9 Å². The highest BCUT2D eigenvalue weighted by Crippen LogP contribution is 2.07. The van der Waals surface area contributed by atoms with Gasteiger partial charge in [-0.15, -0.1) is 0 Å². The molecule has 0 bridgehead atoms. The average Bonchev–Trinajstić information content (AvgIpc) is 2.92. The first kappa shape index (κ1) is 16.5. The lowest BCUT2D eigenvalue weighted by atomic mass is 10.2. The van der Waals surface area contributed by atoms with Crippen molar-refractivity contribution in [2.75, 3.05) is 6.61 Å². The number of aromatic nitrogens is 4. The van der Waals surface area contributed by atoms with E-state index in [4.69, 9.17) is 5.11 Å². The number of aryl methyl sites for hydroxylation is 2. The van der Waals surface area contributed by atoms with E-state index in [1.165, 1.54) is 9.13 Å². The van der Waals surface area contributed by atoms with Crippen LogP contribution in [0.4, 0.5) is 0 Å². The molecule has 0 spiro atoms. The Kier molecular flexibility index (Phi) is 5.54. The Balaban J connectivity index is 2.35. The number of aliphatic hydroxyl groups is 1. The highest BCUT2D eigenvalue weighted by Gasteiger charge is 2.15. The molecule has 2 aromatic heterocycles. The van der Waals surface area contributed by atoms with Gasteiger partial charge in [0.25, 0.3) is 5.56 Å². The Morgan fingerprint density at radius 1 is 1.14 bits per heavy atom. The minimum absolute atomic E-state index is 0.184. The van der Waals surface area contributed by atoms with Crippen molar-refractivity contribution in [1.82, 2.24) is 18.7 Å². The normalized spacial score (nSPS) is 11.4. The summed E-state index contributed by atoms with van der Waals surface area (Å²) in [5.74, 6) is 0. The van der Waals surface area contributed by atoms with Crippen molar-refractivity contribution in [3.8, 4) is 0 Å². The summed E-state index contributed by atoms with van der Waals surface area (Å²) >= 11 is 0. The fraction of sp³-hybridized carbons (Fsp3) is 0.667. The third-order valence-corrected chi connectivity index (χ3v) is 3.86. The van der Waals surface area contributed by atoms with E-state index in [1.807, 2.05) is 11.5 Å². The molecule has 0 saturated heterocycles. The molecule has 0 aromatic carbocycles. The summed E-state index contributed by atoms with van der Waals surface area (Å²) in [6, 6.07) is 0. The molecule has 0 saturated carbocycles. The molecule has 0 fully saturated rings. The molecule has 0 aliphatic heterocycles. The first-order valence-corrected chi connectivity index (χ1v) is 7.87. The average molecular weight is 308 g/mol. The quantitative estimate of drug-likeness (QED) is 0.733. The molecule has 0 aliphatic rings. The molecule has 2 heterocycles. The molecule has 0 radical (unpaired) electrons. The minimum Gasteiger partial charge on any atom is -0.396 e. The van der Waals surface area contributed by atoms with E-state index in [-0.39, 0.29) is 17.9 Å². The van der Waals surface area contributed by atoms with Crippen LogP contribution in [0.25, 0.3) is 11.2 Å². The number of rotatable bonds is 8. The second-order valence-electron chi connectivity index (χ2n) is 5.55. The number of nitrogens with zero attached hydrogens (tertiary/aromatic N) is 4. The largest absolute Gasteiger partial charge is 0.396 e. The van der Waals surface area contributed by atoms with Crippen molar-refractivity contribution >= 4 is 11.2 Å². The molecule has 0 unspecified atom stereocenters. The van der Waals surface area contributed by atoms with Crippen molar-refractivity contribution in [2.24, 2.45) is 7.05 Å². The zero-order chi connectivity index (χ0) is 16.1. The van der Waals surface area contributed by atoms with Gasteiger partial charge in [-0.3, -0.25) is 13.9 Å². The molecular formula is C15H24N4O3. The van der Waals surface area contributed by atoms with Gasteiger partial charge in [0.2, 0.25) is 0 Å². The summed E-state index contributed by atoms with van der Waals surface area (Å²) < 4.78 is 4.56. The van der Waals surface area contributed by atoms with E-state index < -0.39 is 0 Å². The van der Waals surface area contributed by atoms with Gasteiger partial charge in [0.15, 0.2) is 11.2 Å². The Morgan fingerprint density at radius 3 is 2.55 bits per heavy atom. The predicted octanol–water partition coefficient (Wildman–Crippen LogP) is 0.859. The molecule has 22 heavy (non-hydrogen) atoms. The van der Waals surface area contributed by atoms with Crippen LogP contribution in [-0.2, 0) is 20.1 Å². The van der Waals surface area contributed by atoms with Gasteiger partial charge in [-0.05, 0) is 19.3 Å². The molecule has 1 N–H and O–H groups in total. The van der Waals surface area contributed by atoms with Crippen molar-refractivity contribution in [2.45, 2.75) is 52.1 Å². The van der Waals surface area contributed by atoms with Crippen LogP contribution >= 0.6 is 0 Å². The SMILES string of the molecule is CCCn1cnc2c1c(=O)n(CCCCCCO)c(=O)n2C. The summed E-state index contributed by atoms with van der Waals surface area (Å²) in [6.45, 7) is 3.34. The molecule has 0 amide bonds. The van der Waals surface area contributed by atoms with E-state index >= 15 is 0 Å². The predicted molar refractivity (Wildman–Crippen MR) is 85.1 cm³/mol. The summed E-state index contributed by atoms with van der Waals surface area (Å²) in [5.41, 5.74) is 0.368. The second kappa shape index (κ2) is 7.40. The monoisotopic (exact) mass is 308 g/mol. The van der Waals surface area contributed by atoms with E-state index in [2.05, 4.69) is 4.98 Å². The van der Waals surface area contributed by atoms with Gasteiger partial charge in [0.05, 0.1) is 6.33 Å². The maximum Gasteiger partial charge on any atom is 0.332 e. The summed E-state index contributed by atoms with van der Waals surface area (Å²) in [6.07, 6.45) is 5.83. The van der Waals surface area contributed by atoms with Gasteiger partial charge in [-0.25, -0.2) is 9.78 Å². The lowest BCUT2D eigenvalue weighted by molar-refractivity contribution is 0.282. The van der Waals surface area contributed by atoms with Gasteiger partial charge in [-0.2, -0.15) is 0 Å². The van der Waals surface area contributed by atoms with Crippen molar-refractivity contribution in [3.05, 3.63) is 27.2 Å². The second-order valence-corrected chi connectivity index (χ2v) is 5.55. The topological polar surface area (TPSA) is 82.1 Å². The smallest absolute Gasteiger partial charge is 0.332 e. The Hall–Kier alpha value is -1.89. The molecule has 0 atom stereocenters. The molecular weight excluding hydrogens is 284 g/mol. The number of hydrogen-bond donors (Lipinski definition) is 1. The Labute approximate surface area is 128 Å². The molecule has 7 heteroatoms. The third kappa shape index (κ3) is 3.14. The molecule has 2 aromatic rings. The maximum absolute atomic E-state index is 12.6. The number of unbranched alkanes of at least 4 members (excludes halogenated alkanes) is 3. The minimum atomic E-state index is -0.318. The van der Waals surface area contributed by atoms with E-state index in [0.29, 0.717) is 24.3 Å². The van der Waals surface area contributed by atoms with Gasteiger partial charge in [0.1, 0.15) is 0 Å². The van der Waals surface area contributed by atoms with Crippen LogP contribution in [0.2, 0.25) is 0 Å². The van der Waals surface area contributed by atoms with Gasteiger partial charge >= 0.3 is 5.69 Å². The zero-order valence-electron chi connectivity index (χ0n) is 13.3. The van der Waals surface area contributed by atoms with Crippen LogP contribution in [0.3, 0.4) is 0 Å². The fourth-order valence-electron chi connectivity index (χ4n) is 2.66. The maximum atomic E-state index is 12.6. The fourth-order valence-corrected chi connectivity index (χ4v) is 2.66. The number of fused-ring (bicyclic) bond motifs is 1. The summed E-state index contributed by atoms with van der Waals surface area (Å²) in [5, 5.41) is 8.76. The van der Waals surface area contributed by atoms with E-state index in [1.54, 1.807) is 13.4 Å².